The van der Waals surface area contributed by atoms with E-state index in [1.54, 1.807) is 0 Å². The number of hydrogen-bond acceptors (Lipinski definition) is 1. The van der Waals surface area contributed by atoms with Crippen molar-refractivity contribution < 1.29 is 9.50 Å². The van der Waals surface area contributed by atoms with Gasteiger partial charge in [0.2, 0.25) is 0 Å². The highest BCUT2D eigenvalue weighted by Gasteiger charge is 2.31. The van der Waals surface area contributed by atoms with Gasteiger partial charge in [0.15, 0.2) is 6.61 Å². The fourth-order valence-corrected chi connectivity index (χ4v) is 0.226. The van der Waals surface area contributed by atoms with E-state index in [1.807, 2.05) is 0 Å². The Balaban J connectivity index is 3.83. The molecule has 0 aliphatic rings. The van der Waals surface area contributed by atoms with Crippen LogP contribution in [0.4, 0.5) is 4.39 Å². The topological polar surface area (TPSA) is 24.6 Å². The maximum Gasteiger partial charge on any atom is 0.392 e. The van der Waals surface area contributed by atoms with Crippen LogP contribution in [0.2, 0.25) is 0 Å². The van der Waals surface area contributed by atoms with E-state index in [0.29, 0.717) is 0 Å². The second kappa shape index (κ2) is 2.63. The van der Waals surface area contributed by atoms with Gasteiger partial charge in [0, 0.05) is 0 Å². The van der Waals surface area contributed by atoms with Crippen LogP contribution in [0.3, 0.4) is 0 Å². The fourth-order valence-electron chi connectivity index (χ4n) is 0.226. The van der Waals surface area contributed by atoms with Gasteiger partial charge in [0.05, 0.1) is 6.42 Å². The quantitative estimate of drug-likeness (QED) is 0.423. The van der Waals surface area contributed by atoms with Crippen molar-refractivity contribution >= 4 is 0 Å². The molecule has 0 amide bonds. The SMILES string of the molecule is [C-]#[N+]C(F)(CC)CO. The first-order chi connectivity index (χ1) is 3.68. The number of rotatable bonds is 2. The zero-order valence-corrected chi connectivity index (χ0v) is 4.69. The van der Waals surface area contributed by atoms with Gasteiger partial charge < -0.3 is 5.11 Å². The van der Waals surface area contributed by atoms with Crippen molar-refractivity contribution in [3.05, 3.63) is 11.4 Å². The van der Waals surface area contributed by atoms with Crippen molar-refractivity contribution in [1.82, 2.24) is 0 Å². The van der Waals surface area contributed by atoms with Gasteiger partial charge in [-0.1, -0.05) is 6.92 Å². The van der Waals surface area contributed by atoms with Crippen molar-refractivity contribution in [1.29, 1.82) is 0 Å². The Morgan fingerprint density at radius 1 is 1.88 bits per heavy atom. The number of hydrogen-bond donors (Lipinski definition) is 1. The average Bonchev–Trinajstić information content (AvgIpc) is 1.87. The summed E-state index contributed by atoms with van der Waals surface area (Å²) in [6.07, 6.45) is 0.0486. The summed E-state index contributed by atoms with van der Waals surface area (Å²) in [6.45, 7) is 7.07. The van der Waals surface area contributed by atoms with E-state index in [1.165, 1.54) is 6.92 Å². The van der Waals surface area contributed by atoms with E-state index in [2.05, 4.69) is 4.85 Å². The molecule has 0 aliphatic carbocycles. The molecule has 0 aromatic heterocycles. The summed E-state index contributed by atoms with van der Waals surface area (Å²) < 4.78 is 12.4. The van der Waals surface area contributed by atoms with Crippen molar-refractivity contribution in [2.24, 2.45) is 0 Å². The van der Waals surface area contributed by atoms with Gasteiger partial charge in [-0.15, -0.1) is 0 Å². The van der Waals surface area contributed by atoms with Crippen LogP contribution in [0.25, 0.3) is 4.85 Å². The van der Waals surface area contributed by atoms with E-state index < -0.39 is 12.4 Å². The van der Waals surface area contributed by atoms with Crippen LogP contribution in [0, 0.1) is 6.57 Å². The summed E-state index contributed by atoms with van der Waals surface area (Å²) in [6, 6.07) is 0. The third-order valence-electron chi connectivity index (χ3n) is 0.984. The highest BCUT2D eigenvalue weighted by Crippen LogP contribution is 2.15. The Morgan fingerprint density at radius 3 is 2.38 bits per heavy atom. The Hall–Kier alpha value is -0.620. The summed E-state index contributed by atoms with van der Waals surface area (Å²) in [4.78, 5) is 2.59. The van der Waals surface area contributed by atoms with Gasteiger partial charge >= 0.3 is 5.79 Å². The first-order valence-corrected chi connectivity index (χ1v) is 2.37. The lowest BCUT2D eigenvalue weighted by Gasteiger charge is -2.03. The number of nitrogens with zero attached hydrogens (tertiary/aromatic N) is 1. The van der Waals surface area contributed by atoms with Crippen LogP contribution in [0.15, 0.2) is 0 Å². The minimum absolute atomic E-state index is 0.0486. The predicted octanol–water partition coefficient (Wildman–Crippen LogP) is 0.974. The van der Waals surface area contributed by atoms with E-state index in [0.717, 1.165) is 0 Å². The number of alkyl halides is 1. The van der Waals surface area contributed by atoms with Crippen LogP contribution in [-0.4, -0.2) is 17.5 Å². The molecular formula is C5H8FNO. The molecule has 0 saturated carbocycles. The van der Waals surface area contributed by atoms with Crippen LogP contribution >= 0.6 is 0 Å². The monoisotopic (exact) mass is 117 g/mol. The van der Waals surface area contributed by atoms with Crippen LogP contribution in [0.5, 0.6) is 0 Å². The molecule has 0 aromatic rings. The minimum atomic E-state index is -2.03. The Bertz CT molecular complexity index is 103. The maximum atomic E-state index is 12.4. The largest absolute Gasteiger partial charge is 0.392 e. The first kappa shape index (κ1) is 7.38. The molecule has 2 nitrogen and oxygen atoms in total. The minimum Gasteiger partial charge on any atom is -0.385 e. The lowest BCUT2D eigenvalue weighted by molar-refractivity contribution is 0.108. The average molecular weight is 117 g/mol. The molecule has 0 spiro atoms. The predicted molar refractivity (Wildman–Crippen MR) is 27.8 cm³/mol. The van der Waals surface area contributed by atoms with Crippen molar-refractivity contribution in [3.8, 4) is 0 Å². The second-order valence-corrected chi connectivity index (χ2v) is 1.54. The zero-order chi connectivity index (χ0) is 6.62. The Labute approximate surface area is 47.8 Å². The van der Waals surface area contributed by atoms with Crippen LogP contribution in [-0.2, 0) is 0 Å². The normalized spacial score (nSPS) is 16.8. The van der Waals surface area contributed by atoms with E-state index in [9.17, 15) is 4.39 Å². The van der Waals surface area contributed by atoms with E-state index in [-0.39, 0.29) is 6.42 Å². The van der Waals surface area contributed by atoms with Crippen molar-refractivity contribution in [2.75, 3.05) is 6.61 Å². The van der Waals surface area contributed by atoms with E-state index in [4.69, 9.17) is 11.7 Å². The van der Waals surface area contributed by atoms with Gasteiger partial charge in [-0.3, -0.25) is 4.85 Å². The Morgan fingerprint density at radius 2 is 2.38 bits per heavy atom. The molecular weight excluding hydrogens is 109 g/mol. The molecule has 1 N–H and O–H groups in total. The lowest BCUT2D eigenvalue weighted by Crippen LogP contribution is -2.21. The van der Waals surface area contributed by atoms with E-state index >= 15 is 0 Å². The van der Waals surface area contributed by atoms with Crippen LogP contribution < -0.4 is 0 Å². The molecule has 46 valence electrons. The first-order valence-electron chi connectivity index (χ1n) is 2.37. The third-order valence-corrected chi connectivity index (χ3v) is 0.984. The molecule has 1 atom stereocenters. The molecule has 0 aliphatic heterocycles. The smallest absolute Gasteiger partial charge is 0.385 e. The molecule has 0 rings (SSSR count). The molecule has 0 fully saturated rings. The summed E-state index contributed by atoms with van der Waals surface area (Å²) in [7, 11) is 0. The van der Waals surface area contributed by atoms with Gasteiger partial charge in [-0.05, 0) is 0 Å². The number of aliphatic hydroxyl groups is 1. The van der Waals surface area contributed by atoms with Gasteiger partial charge in [-0.2, -0.15) is 4.39 Å². The molecule has 0 bridgehead atoms. The van der Waals surface area contributed by atoms with Gasteiger partial charge in [0.1, 0.15) is 0 Å². The molecule has 0 saturated heterocycles. The van der Waals surface area contributed by atoms with Crippen LogP contribution in [0.1, 0.15) is 13.3 Å². The summed E-state index contributed by atoms with van der Waals surface area (Å²) >= 11 is 0. The molecule has 0 radical (unpaired) electrons. The van der Waals surface area contributed by atoms with Gasteiger partial charge in [-0.25, -0.2) is 6.57 Å². The second-order valence-electron chi connectivity index (χ2n) is 1.54. The highest BCUT2D eigenvalue weighted by atomic mass is 19.1. The highest BCUT2D eigenvalue weighted by molar-refractivity contribution is 4.85. The van der Waals surface area contributed by atoms with Crippen molar-refractivity contribution in [3.63, 3.8) is 0 Å². The van der Waals surface area contributed by atoms with Gasteiger partial charge in [0.25, 0.3) is 0 Å². The Kier molecular flexibility index (Phi) is 2.43. The molecule has 0 heterocycles. The molecule has 0 aromatic carbocycles. The number of aliphatic hydroxyl groups excluding tert-OH is 1. The molecule has 1 unspecified atom stereocenters. The summed E-state index contributed by atoms with van der Waals surface area (Å²) in [5, 5.41) is 8.20. The maximum absolute atomic E-state index is 12.4. The number of halogens is 1. The molecule has 8 heavy (non-hydrogen) atoms. The summed E-state index contributed by atoms with van der Waals surface area (Å²) in [5.74, 6) is -2.03. The third kappa shape index (κ3) is 1.47. The summed E-state index contributed by atoms with van der Waals surface area (Å²) in [5.41, 5.74) is 0. The lowest BCUT2D eigenvalue weighted by atomic mass is 10.2. The van der Waals surface area contributed by atoms with Crippen molar-refractivity contribution in [2.45, 2.75) is 19.1 Å². The standard InChI is InChI=1S/C5H8FNO/c1-3-5(6,4-8)7-2/h8H,3-4H2,1H3. The molecule has 3 heteroatoms. The fraction of sp³-hybridized carbons (Fsp3) is 0.800. The zero-order valence-electron chi connectivity index (χ0n) is 4.69.